The maximum Gasteiger partial charge on any atom is 0.243 e. The summed E-state index contributed by atoms with van der Waals surface area (Å²) in [5.41, 5.74) is 0. The van der Waals surface area contributed by atoms with Gasteiger partial charge in [-0.1, -0.05) is 0 Å². The maximum absolute atomic E-state index is 11.3. The van der Waals surface area contributed by atoms with Crippen LogP contribution in [0.3, 0.4) is 0 Å². The van der Waals surface area contributed by atoms with Crippen LogP contribution in [0.5, 0.6) is 0 Å². The van der Waals surface area contributed by atoms with Gasteiger partial charge in [0.25, 0.3) is 0 Å². The van der Waals surface area contributed by atoms with Gasteiger partial charge in [-0.2, -0.15) is 0 Å². The topological polar surface area (TPSA) is 49.4 Å². The number of imide groups is 1. The lowest BCUT2D eigenvalue weighted by atomic mass is 10.3. The van der Waals surface area contributed by atoms with Crippen molar-refractivity contribution in [3.8, 4) is 0 Å². The van der Waals surface area contributed by atoms with Crippen LogP contribution in [0.4, 0.5) is 0 Å². The van der Waals surface area contributed by atoms with Gasteiger partial charge in [0, 0.05) is 13.0 Å². The Kier molecular flexibility index (Phi) is 4.51. The van der Waals surface area contributed by atoms with Gasteiger partial charge in [0.05, 0.1) is 6.54 Å². The molecule has 0 aliphatic heterocycles. The van der Waals surface area contributed by atoms with Crippen LogP contribution in [-0.2, 0) is 9.59 Å². The molecule has 0 fully saturated rings. The first-order valence-electron chi connectivity index (χ1n) is 3.98. The van der Waals surface area contributed by atoms with Gasteiger partial charge in [-0.25, -0.2) is 0 Å². The van der Waals surface area contributed by atoms with E-state index in [-0.39, 0.29) is 24.4 Å². The molecule has 0 aliphatic carbocycles. The van der Waals surface area contributed by atoms with Gasteiger partial charge in [-0.3, -0.25) is 14.5 Å². The van der Waals surface area contributed by atoms with Crippen molar-refractivity contribution in [2.45, 2.75) is 26.8 Å². The zero-order chi connectivity index (χ0) is 9.72. The molecule has 12 heavy (non-hydrogen) atoms. The van der Waals surface area contributed by atoms with E-state index in [0.29, 0.717) is 0 Å². The molecular formula is C8H16N2O2. The van der Waals surface area contributed by atoms with Gasteiger partial charge in [-0.15, -0.1) is 0 Å². The highest BCUT2D eigenvalue weighted by molar-refractivity contribution is 5.95. The van der Waals surface area contributed by atoms with Crippen molar-refractivity contribution < 1.29 is 9.59 Å². The van der Waals surface area contributed by atoms with Crippen LogP contribution < -0.4 is 5.32 Å². The van der Waals surface area contributed by atoms with Crippen LogP contribution in [-0.4, -0.2) is 36.3 Å². The molecule has 0 heterocycles. The van der Waals surface area contributed by atoms with Gasteiger partial charge in [0.2, 0.25) is 11.8 Å². The quantitative estimate of drug-likeness (QED) is 0.651. The zero-order valence-corrected chi connectivity index (χ0v) is 8.05. The Hall–Kier alpha value is -0.900. The van der Waals surface area contributed by atoms with E-state index in [2.05, 4.69) is 5.32 Å². The van der Waals surface area contributed by atoms with Crippen molar-refractivity contribution in [3.05, 3.63) is 0 Å². The number of amides is 2. The third kappa shape index (κ3) is 3.00. The molecule has 2 amide bonds. The molecule has 0 bridgehead atoms. The van der Waals surface area contributed by atoms with Crippen LogP contribution in [0, 0.1) is 0 Å². The summed E-state index contributed by atoms with van der Waals surface area (Å²) >= 11 is 0. The Morgan fingerprint density at radius 3 is 2.17 bits per heavy atom. The number of likely N-dealkylation sites (N-methyl/N-ethyl adjacent to an activating group) is 1. The Morgan fingerprint density at radius 1 is 1.42 bits per heavy atom. The molecule has 0 saturated carbocycles. The molecule has 4 nitrogen and oxygen atoms in total. The van der Waals surface area contributed by atoms with E-state index >= 15 is 0 Å². The highest BCUT2D eigenvalue weighted by Crippen LogP contribution is 1.98. The Morgan fingerprint density at radius 2 is 1.92 bits per heavy atom. The van der Waals surface area contributed by atoms with Crippen LogP contribution in [0.2, 0.25) is 0 Å². The SMILES string of the molecule is CNCC(=O)N(C(C)=O)C(C)C. The monoisotopic (exact) mass is 172 g/mol. The fraction of sp³-hybridized carbons (Fsp3) is 0.750. The normalized spacial score (nSPS) is 10.1. The summed E-state index contributed by atoms with van der Waals surface area (Å²) in [6, 6.07) is -0.0663. The first kappa shape index (κ1) is 11.1. The molecule has 0 aromatic rings. The van der Waals surface area contributed by atoms with E-state index in [1.807, 2.05) is 13.8 Å². The minimum Gasteiger partial charge on any atom is -0.311 e. The van der Waals surface area contributed by atoms with E-state index in [1.165, 1.54) is 11.8 Å². The molecule has 0 radical (unpaired) electrons. The molecule has 0 aromatic heterocycles. The van der Waals surface area contributed by atoms with Crippen molar-refractivity contribution >= 4 is 11.8 Å². The van der Waals surface area contributed by atoms with Crippen molar-refractivity contribution in [3.63, 3.8) is 0 Å². The first-order valence-corrected chi connectivity index (χ1v) is 3.98. The van der Waals surface area contributed by atoms with Crippen LogP contribution in [0.1, 0.15) is 20.8 Å². The smallest absolute Gasteiger partial charge is 0.243 e. The first-order chi connectivity index (χ1) is 5.50. The summed E-state index contributed by atoms with van der Waals surface area (Å²) in [7, 11) is 1.68. The van der Waals surface area contributed by atoms with Crippen molar-refractivity contribution in [1.29, 1.82) is 0 Å². The zero-order valence-electron chi connectivity index (χ0n) is 8.05. The molecule has 0 aromatic carbocycles. The van der Waals surface area contributed by atoms with Gasteiger partial charge in [0.1, 0.15) is 0 Å². The molecule has 1 N–H and O–H groups in total. The lowest BCUT2D eigenvalue weighted by Crippen LogP contribution is -2.44. The van der Waals surface area contributed by atoms with Crippen molar-refractivity contribution in [2.24, 2.45) is 0 Å². The van der Waals surface area contributed by atoms with Crippen LogP contribution >= 0.6 is 0 Å². The predicted octanol–water partition coefficient (Wildman–Crippen LogP) is -0.0107. The Labute approximate surface area is 72.9 Å². The fourth-order valence-corrected chi connectivity index (χ4v) is 1.06. The van der Waals surface area contributed by atoms with Gasteiger partial charge < -0.3 is 5.32 Å². The Bertz CT molecular complexity index is 178. The molecule has 4 heteroatoms. The second-order valence-electron chi connectivity index (χ2n) is 2.91. The summed E-state index contributed by atoms with van der Waals surface area (Å²) in [4.78, 5) is 23.5. The van der Waals surface area contributed by atoms with Gasteiger partial charge in [0.15, 0.2) is 0 Å². The van der Waals surface area contributed by atoms with Crippen molar-refractivity contribution in [1.82, 2.24) is 10.2 Å². The number of carbonyl (C=O) groups excluding carboxylic acids is 2. The summed E-state index contributed by atoms with van der Waals surface area (Å²) in [6.07, 6.45) is 0. The summed E-state index contributed by atoms with van der Waals surface area (Å²) in [6.45, 7) is 5.23. The number of carbonyl (C=O) groups is 2. The van der Waals surface area contributed by atoms with Crippen LogP contribution in [0.15, 0.2) is 0 Å². The minimum atomic E-state index is -0.203. The molecular weight excluding hydrogens is 156 g/mol. The summed E-state index contributed by atoms with van der Waals surface area (Å²) in [5.74, 6) is -0.384. The van der Waals surface area contributed by atoms with E-state index in [1.54, 1.807) is 7.05 Å². The summed E-state index contributed by atoms with van der Waals surface area (Å²) in [5, 5.41) is 2.71. The lowest BCUT2D eigenvalue weighted by Gasteiger charge is -2.22. The maximum atomic E-state index is 11.3. The molecule has 0 unspecified atom stereocenters. The molecule has 0 rings (SSSR count). The number of nitrogens with zero attached hydrogens (tertiary/aromatic N) is 1. The fourth-order valence-electron chi connectivity index (χ4n) is 1.06. The second-order valence-corrected chi connectivity index (χ2v) is 2.91. The van der Waals surface area contributed by atoms with Gasteiger partial charge >= 0.3 is 0 Å². The predicted molar refractivity (Wildman–Crippen MR) is 46.6 cm³/mol. The molecule has 0 spiro atoms. The van der Waals surface area contributed by atoms with E-state index in [4.69, 9.17) is 0 Å². The van der Waals surface area contributed by atoms with E-state index in [9.17, 15) is 9.59 Å². The number of hydrogen-bond acceptors (Lipinski definition) is 3. The lowest BCUT2D eigenvalue weighted by molar-refractivity contribution is -0.144. The highest BCUT2D eigenvalue weighted by atomic mass is 16.2. The molecule has 0 saturated heterocycles. The third-order valence-electron chi connectivity index (χ3n) is 1.45. The average molecular weight is 172 g/mol. The number of hydrogen-bond donors (Lipinski definition) is 1. The van der Waals surface area contributed by atoms with E-state index in [0.717, 1.165) is 0 Å². The van der Waals surface area contributed by atoms with Crippen molar-refractivity contribution in [2.75, 3.05) is 13.6 Å². The summed E-state index contributed by atoms with van der Waals surface area (Å²) < 4.78 is 0. The molecule has 70 valence electrons. The third-order valence-corrected chi connectivity index (χ3v) is 1.45. The highest BCUT2D eigenvalue weighted by Gasteiger charge is 2.19. The van der Waals surface area contributed by atoms with Crippen LogP contribution in [0.25, 0.3) is 0 Å². The number of nitrogens with one attached hydrogen (secondary N) is 1. The number of rotatable bonds is 3. The Balaban J connectivity index is 4.30. The molecule has 0 aliphatic rings. The molecule has 0 atom stereocenters. The minimum absolute atomic E-state index is 0.0663. The van der Waals surface area contributed by atoms with Gasteiger partial charge in [-0.05, 0) is 20.9 Å². The average Bonchev–Trinajstić information content (AvgIpc) is 1.85. The largest absolute Gasteiger partial charge is 0.311 e. The van der Waals surface area contributed by atoms with E-state index < -0.39 is 0 Å². The standard InChI is InChI=1S/C8H16N2O2/c1-6(2)10(7(3)11)8(12)5-9-4/h6,9H,5H2,1-4H3. The second kappa shape index (κ2) is 4.87.